The number of nitrogens with one attached hydrogen (secondary N) is 1. The highest BCUT2D eigenvalue weighted by atomic mass is 16.5. The molecule has 0 aliphatic carbocycles. The zero-order valence-corrected chi connectivity index (χ0v) is 11.3. The highest BCUT2D eigenvalue weighted by Crippen LogP contribution is 2.08. The summed E-state index contributed by atoms with van der Waals surface area (Å²) in [5, 5.41) is 3.02. The second-order valence-corrected chi connectivity index (χ2v) is 4.21. The average molecular weight is 271 g/mol. The number of anilines is 1. The van der Waals surface area contributed by atoms with Crippen LogP contribution in [0.1, 0.15) is 12.5 Å². The molecule has 104 valence electrons. The minimum absolute atomic E-state index is 0.302. The van der Waals surface area contributed by atoms with E-state index in [1.54, 1.807) is 25.4 Å². The predicted octanol–water partition coefficient (Wildman–Crippen LogP) is 2.06. The van der Waals surface area contributed by atoms with Gasteiger partial charge >= 0.3 is 5.97 Å². The van der Waals surface area contributed by atoms with Gasteiger partial charge in [0.2, 0.25) is 5.95 Å². The molecule has 5 heteroatoms. The fourth-order valence-corrected chi connectivity index (χ4v) is 1.82. The summed E-state index contributed by atoms with van der Waals surface area (Å²) in [6.07, 6.45) is 3.78. The molecule has 0 fully saturated rings. The van der Waals surface area contributed by atoms with Gasteiger partial charge in [-0.15, -0.1) is 0 Å². The van der Waals surface area contributed by atoms with Crippen molar-refractivity contribution in [2.45, 2.75) is 19.4 Å². The monoisotopic (exact) mass is 271 g/mol. The van der Waals surface area contributed by atoms with E-state index < -0.39 is 6.04 Å². The Bertz CT molecular complexity index is 490. The summed E-state index contributed by atoms with van der Waals surface area (Å²) in [5.74, 6) is 0.116. The predicted molar refractivity (Wildman–Crippen MR) is 76.2 cm³/mol. The Morgan fingerprint density at radius 1 is 1.20 bits per heavy atom. The standard InChI is InChI=1S/C15H17N3O2/c1-2-20-14(19)13(11-12-7-4-3-5-8-12)18-15-16-9-6-10-17-15/h3-10,13H,2,11H2,1H3,(H,16,17,18). The maximum absolute atomic E-state index is 12.0. The van der Waals surface area contributed by atoms with Gasteiger partial charge in [0, 0.05) is 18.8 Å². The van der Waals surface area contributed by atoms with E-state index in [1.807, 2.05) is 30.3 Å². The topological polar surface area (TPSA) is 64.1 Å². The van der Waals surface area contributed by atoms with Crippen LogP contribution >= 0.6 is 0 Å². The second kappa shape index (κ2) is 7.23. The number of aromatic nitrogens is 2. The van der Waals surface area contributed by atoms with Crippen molar-refractivity contribution in [3.63, 3.8) is 0 Å². The molecule has 1 unspecified atom stereocenters. The summed E-state index contributed by atoms with van der Waals surface area (Å²) >= 11 is 0. The Morgan fingerprint density at radius 3 is 2.55 bits per heavy atom. The van der Waals surface area contributed by atoms with E-state index in [0.717, 1.165) is 5.56 Å². The molecule has 1 atom stereocenters. The van der Waals surface area contributed by atoms with Gasteiger partial charge in [-0.1, -0.05) is 30.3 Å². The van der Waals surface area contributed by atoms with Crippen molar-refractivity contribution in [3.05, 3.63) is 54.4 Å². The van der Waals surface area contributed by atoms with Gasteiger partial charge in [0.1, 0.15) is 6.04 Å². The lowest BCUT2D eigenvalue weighted by Gasteiger charge is -2.17. The lowest BCUT2D eigenvalue weighted by molar-refractivity contribution is -0.144. The van der Waals surface area contributed by atoms with E-state index in [-0.39, 0.29) is 5.97 Å². The van der Waals surface area contributed by atoms with Crippen LogP contribution < -0.4 is 5.32 Å². The van der Waals surface area contributed by atoms with Crippen molar-refractivity contribution < 1.29 is 9.53 Å². The molecule has 2 aromatic rings. The molecule has 0 saturated heterocycles. The highest BCUT2D eigenvalue weighted by Gasteiger charge is 2.20. The van der Waals surface area contributed by atoms with Crippen LogP contribution in [-0.4, -0.2) is 28.6 Å². The molecule has 1 aromatic carbocycles. The van der Waals surface area contributed by atoms with E-state index in [1.165, 1.54) is 0 Å². The lowest BCUT2D eigenvalue weighted by Crippen LogP contribution is -2.34. The van der Waals surface area contributed by atoms with Crippen LogP contribution in [0.2, 0.25) is 0 Å². The van der Waals surface area contributed by atoms with Crippen molar-refractivity contribution in [3.8, 4) is 0 Å². The lowest BCUT2D eigenvalue weighted by atomic mass is 10.1. The number of nitrogens with zero attached hydrogens (tertiary/aromatic N) is 2. The number of rotatable bonds is 6. The zero-order chi connectivity index (χ0) is 14.2. The third kappa shape index (κ3) is 4.05. The summed E-state index contributed by atoms with van der Waals surface area (Å²) < 4.78 is 5.09. The minimum Gasteiger partial charge on any atom is -0.464 e. The van der Waals surface area contributed by atoms with E-state index in [4.69, 9.17) is 4.74 Å². The molecule has 0 aliphatic heterocycles. The van der Waals surface area contributed by atoms with Gasteiger partial charge in [0.15, 0.2) is 0 Å². The number of benzene rings is 1. The van der Waals surface area contributed by atoms with Gasteiger partial charge in [-0.2, -0.15) is 0 Å². The van der Waals surface area contributed by atoms with Gasteiger partial charge in [0.05, 0.1) is 6.61 Å². The summed E-state index contributed by atoms with van der Waals surface area (Å²) in [6.45, 7) is 2.14. The molecule has 0 aliphatic rings. The Morgan fingerprint density at radius 2 is 1.90 bits per heavy atom. The van der Waals surface area contributed by atoms with Gasteiger partial charge in [-0.05, 0) is 18.6 Å². The minimum atomic E-state index is -0.500. The molecule has 20 heavy (non-hydrogen) atoms. The van der Waals surface area contributed by atoms with Crippen molar-refractivity contribution >= 4 is 11.9 Å². The van der Waals surface area contributed by atoms with Gasteiger partial charge in [-0.3, -0.25) is 0 Å². The second-order valence-electron chi connectivity index (χ2n) is 4.21. The smallest absolute Gasteiger partial charge is 0.328 e. The number of hydrogen-bond acceptors (Lipinski definition) is 5. The fourth-order valence-electron chi connectivity index (χ4n) is 1.82. The summed E-state index contributed by atoms with van der Waals surface area (Å²) in [4.78, 5) is 20.2. The number of carbonyl (C=O) groups is 1. The first kappa shape index (κ1) is 14.0. The Hall–Kier alpha value is -2.43. The summed E-state index contributed by atoms with van der Waals surface area (Å²) in [5.41, 5.74) is 1.05. The Labute approximate surface area is 118 Å². The highest BCUT2D eigenvalue weighted by molar-refractivity contribution is 5.79. The molecule has 0 radical (unpaired) electrons. The quantitative estimate of drug-likeness (QED) is 0.815. The van der Waals surface area contributed by atoms with E-state index >= 15 is 0 Å². The number of ether oxygens (including phenoxy) is 1. The molecule has 0 amide bonds. The molecule has 0 spiro atoms. The average Bonchev–Trinajstić information content (AvgIpc) is 2.49. The van der Waals surface area contributed by atoms with Crippen molar-refractivity contribution in [2.24, 2.45) is 0 Å². The third-order valence-electron chi connectivity index (χ3n) is 2.72. The van der Waals surface area contributed by atoms with Crippen LogP contribution in [0.3, 0.4) is 0 Å². The first-order chi connectivity index (χ1) is 9.79. The largest absolute Gasteiger partial charge is 0.464 e. The maximum Gasteiger partial charge on any atom is 0.328 e. The molecule has 1 heterocycles. The first-order valence-electron chi connectivity index (χ1n) is 6.53. The van der Waals surface area contributed by atoms with E-state index in [9.17, 15) is 4.79 Å². The van der Waals surface area contributed by atoms with E-state index in [2.05, 4.69) is 15.3 Å². The van der Waals surface area contributed by atoms with Crippen LogP contribution in [0, 0.1) is 0 Å². The van der Waals surface area contributed by atoms with Gasteiger partial charge in [0.25, 0.3) is 0 Å². The van der Waals surface area contributed by atoms with E-state index in [0.29, 0.717) is 19.0 Å². The van der Waals surface area contributed by atoms with Crippen molar-refractivity contribution in [2.75, 3.05) is 11.9 Å². The molecule has 0 saturated carbocycles. The molecule has 5 nitrogen and oxygen atoms in total. The normalized spacial score (nSPS) is 11.7. The Balaban J connectivity index is 2.10. The fraction of sp³-hybridized carbons (Fsp3) is 0.267. The molecular formula is C15H17N3O2. The van der Waals surface area contributed by atoms with Crippen molar-refractivity contribution in [1.82, 2.24) is 9.97 Å². The number of hydrogen-bond donors (Lipinski definition) is 1. The molecule has 1 aromatic heterocycles. The number of carbonyl (C=O) groups excluding carboxylic acids is 1. The SMILES string of the molecule is CCOC(=O)C(Cc1ccccc1)Nc1ncccn1. The molecular weight excluding hydrogens is 254 g/mol. The third-order valence-corrected chi connectivity index (χ3v) is 2.72. The van der Waals surface area contributed by atoms with Crippen LogP contribution in [0.15, 0.2) is 48.8 Å². The van der Waals surface area contributed by atoms with Crippen LogP contribution in [0.25, 0.3) is 0 Å². The molecule has 1 N–H and O–H groups in total. The van der Waals surface area contributed by atoms with Crippen LogP contribution in [-0.2, 0) is 16.0 Å². The summed E-state index contributed by atoms with van der Waals surface area (Å²) in [6, 6.07) is 11.0. The van der Waals surface area contributed by atoms with Gasteiger partial charge in [-0.25, -0.2) is 14.8 Å². The van der Waals surface area contributed by atoms with Gasteiger partial charge < -0.3 is 10.1 Å². The number of esters is 1. The molecule has 2 rings (SSSR count). The first-order valence-corrected chi connectivity index (χ1v) is 6.53. The molecule has 0 bridgehead atoms. The maximum atomic E-state index is 12.0. The Kier molecular flexibility index (Phi) is 5.06. The van der Waals surface area contributed by atoms with Crippen molar-refractivity contribution in [1.29, 1.82) is 0 Å². The zero-order valence-electron chi connectivity index (χ0n) is 11.3. The summed E-state index contributed by atoms with van der Waals surface area (Å²) in [7, 11) is 0. The van der Waals surface area contributed by atoms with Crippen LogP contribution in [0.5, 0.6) is 0 Å². The van der Waals surface area contributed by atoms with Crippen LogP contribution in [0.4, 0.5) is 5.95 Å².